The van der Waals surface area contributed by atoms with Gasteiger partial charge in [0, 0.05) is 6.61 Å². The van der Waals surface area contributed by atoms with Gasteiger partial charge in [-0.1, -0.05) is 0 Å². The summed E-state index contributed by atoms with van der Waals surface area (Å²) < 4.78 is 32.0. The minimum atomic E-state index is -0.470. The summed E-state index contributed by atoms with van der Waals surface area (Å²) >= 11 is 0. The molecule has 0 bridgehead atoms. The number of fused-ring (bicyclic) bond motifs is 1. The first kappa shape index (κ1) is 18.3. The maximum atomic E-state index is 6.20. The van der Waals surface area contributed by atoms with Crippen molar-refractivity contribution in [3.05, 3.63) is 5.69 Å². The van der Waals surface area contributed by atoms with Crippen LogP contribution in [0, 0.1) is 6.92 Å². The molecule has 26 heavy (non-hydrogen) atoms. The van der Waals surface area contributed by atoms with Crippen LogP contribution >= 0.6 is 0 Å². The van der Waals surface area contributed by atoms with E-state index in [9.17, 15) is 0 Å². The monoisotopic (exact) mass is 364 g/mol. The van der Waals surface area contributed by atoms with Crippen molar-refractivity contribution < 1.29 is 23.5 Å². The van der Waals surface area contributed by atoms with E-state index >= 15 is 0 Å². The van der Waals surface area contributed by atoms with E-state index in [4.69, 9.17) is 23.5 Å². The predicted molar refractivity (Wildman–Crippen MR) is 96.6 cm³/mol. The first-order valence-electron chi connectivity index (χ1n) is 9.60. The van der Waals surface area contributed by atoms with Gasteiger partial charge >= 0.3 is 7.12 Å². The lowest BCUT2D eigenvalue weighted by molar-refractivity contribution is -0.200. The summed E-state index contributed by atoms with van der Waals surface area (Å²) in [6.45, 7) is 12.1. The second kappa shape index (κ2) is 6.51. The third kappa shape index (κ3) is 3.17. The number of aryl methyl sites for hydroxylation is 1. The fourth-order valence-corrected chi connectivity index (χ4v) is 3.62. The predicted octanol–water partition coefficient (Wildman–Crippen LogP) is 1.79. The molecule has 3 aliphatic heterocycles. The highest BCUT2D eigenvalue weighted by Gasteiger charge is 2.54. The summed E-state index contributed by atoms with van der Waals surface area (Å²) in [6.07, 6.45) is 3.02. The van der Waals surface area contributed by atoms with Gasteiger partial charge in [0.15, 0.2) is 6.29 Å². The zero-order chi connectivity index (χ0) is 18.5. The van der Waals surface area contributed by atoms with E-state index < -0.39 is 18.3 Å². The van der Waals surface area contributed by atoms with Gasteiger partial charge in [-0.2, -0.15) is 5.10 Å². The molecule has 0 radical (unpaired) electrons. The van der Waals surface area contributed by atoms with E-state index in [0.29, 0.717) is 13.2 Å². The highest BCUT2D eigenvalue weighted by atomic mass is 16.7. The van der Waals surface area contributed by atoms with Gasteiger partial charge in [-0.25, -0.2) is 4.68 Å². The molecule has 1 aromatic rings. The fourth-order valence-electron chi connectivity index (χ4n) is 3.62. The lowest BCUT2D eigenvalue weighted by Crippen LogP contribution is -2.41. The number of aromatic nitrogens is 2. The van der Waals surface area contributed by atoms with Crippen LogP contribution in [0.5, 0.6) is 5.88 Å². The van der Waals surface area contributed by atoms with Crippen LogP contribution < -0.4 is 10.2 Å². The van der Waals surface area contributed by atoms with Crippen LogP contribution in [0.1, 0.15) is 52.7 Å². The summed E-state index contributed by atoms with van der Waals surface area (Å²) in [7, 11) is -0.470. The van der Waals surface area contributed by atoms with E-state index in [0.717, 1.165) is 42.9 Å². The Bertz CT molecular complexity index is 653. The number of nitrogens with zero attached hydrogens (tertiary/aromatic N) is 2. The van der Waals surface area contributed by atoms with Gasteiger partial charge in [0.2, 0.25) is 5.88 Å². The number of rotatable bonds is 3. The van der Waals surface area contributed by atoms with Crippen LogP contribution in [0.2, 0.25) is 0 Å². The van der Waals surface area contributed by atoms with Gasteiger partial charge in [0.05, 0.1) is 28.9 Å². The SMILES string of the molecule is Cc1nn2c(c1B1OC(C)(C)C(C)(C)O1)OCC(OC1CCCCO1)C2. The smallest absolute Gasteiger partial charge is 0.475 e. The Balaban J connectivity index is 1.49. The van der Waals surface area contributed by atoms with Gasteiger partial charge in [-0.15, -0.1) is 0 Å². The fraction of sp³-hybridized carbons (Fsp3) is 0.833. The molecular weight excluding hydrogens is 335 g/mol. The first-order chi connectivity index (χ1) is 12.3. The summed E-state index contributed by atoms with van der Waals surface area (Å²) in [4.78, 5) is 0. The van der Waals surface area contributed by atoms with Crippen LogP contribution in [0.25, 0.3) is 0 Å². The molecule has 2 atom stereocenters. The zero-order valence-electron chi connectivity index (χ0n) is 16.4. The molecule has 144 valence electrons. The number of hydrogen-bond donors (Lipinski definition) is 0. The molecule has 4 rings (SSSR count). The molecule has 7 nitrogen and oxygen atoms in total. The van der Waals surface area contributed by atoms with Crippen molar-refractivity contribution in [2.24, 2.45) is 0 Å². The van der Waals surface area contributed by atoms with Gasteiger partial charge in [0.25, 0.3) is 0 Å². The molecule has 0 saturated carbocycles. The van der Waals surface area contributed by atoms with E-state index in [1.54, 1.807) is 0 Å². The maximum Gasteiger partial charge on any atom is 0.502 e. The molecule has 0 aliphatic carbocycles. The molecule has 0 aromatic carbocycles. The van der Waals surface area contributed by atoms with Gasteiger partial charge in [-0.05, 0) is 53.9 Å². The van der Waals surface area contributed by atoms with Crippen LogP contribution in [-0.4, -0.2) is 53.7 Å². The summed E-state index contributed by atoms with van der Waals surface area (Å²) in [5, 5.41) is 4.65. The van der Waals surface area contributed by atoms with Crippen molar-refractivity contribution in [2.75, 3.05) is 13.2 Å². The van der Waals surface area contributed by atoms with E-state index in [-0.39, 0.29) is 12.4 Å². The topological polar surface area (TPSA) is 64.0 Å². The van der Waals surface area contributed by atoms with Crippen molar-refractivity contribution in [1.29, 1.82) is 0 Å². The quantitative estimate of drug-likeness (QED) is 0.763. The Labute approximate surface area is 155 Å². The molecule has 3 aliphatic rings. The molecule has 2 fully saturated rings. The van der Waals surface area contributed by atoms with Crippen LogP contribution in [0.3, 0.4) is 0 Å². The summed E-state index contributed by atoms with van der Waals surface area (Å²) in [5.41, 5.74) is 0.971. The maximum absolute atomic E-state index is 6.20. The summed E-state index contributed by atoms with van der Waals surface area (Å²) in [6, 6.07) is 0. The Morgan fingerprint density at radius 1 is 1.15 bits per heavy atom. The lowest BCUT2D eigenvalue weighted by atomic mass is 9.79. The number of ether oxygens (including phenoxy) is 3. The second-order valence-electron chi connectivity index (χ2n) is 8.44. The van der Waals surface area contributed by atoms with E-state index in [1.807, 2.05) is 39.3 Å². The second-order valence-corrected chi connectivity index (χ2v) is 8.44. The third-order valence-electron chi connectivity index (χ3n) is 5.88. The van der Waals surface area contributed by atoms with Crippen LogP contribution in [0.4, 0.5) is 0 Å². The summed E-state index contributed by atoms with van der Waals surface area (Å²) in [5.74, 6) is 0.727. The molecule has 0 N–H and O–H groups in total. The largest absolute Gasteiger partial charge is 0.502 e. The average molecular weight is 364 g/mol. The van der Waals surface area contributed by atoms with E-state index in [1.165, 1.54) is 0 Å². The molecular formula is C18H29BN2O5. The minimum Gasteiger partial charge on any atom is -0.475 e. The van der Waals surface area contributed by atoms with Crippen LogP contribution in [0.15, 0.2) is 0 Å². The molecule has 8 heteroatoms. The highest BCUT2D eigenvalue weighted by Crippen LogP contribution is 2.37. The lowest BCUT2D eigenvalue weighted by Gasteiger charge is -2.32. The molecule has 2 saturated heterocycles. The number of hydrogen-bond acceptors (Lipinski definition) is 6. The van der Waals surface area contributed by atoms with Crippen molar-refractivity contribution in [1.82, 2.24) is 9.78 Å². The molecule has 2 unspecified atom stereocenters. The average Bonchev–Trinajstić information content (AvgIpc) is 2.99. The van der Waals surface area contributed by atoms with Gasteiger partial charge in [-0.3, -0.25) is 0 Å². The third-order valence-corrected chi connectivity index (χ3v) is 5.88. The standard InChI is InChI=1S/C18H29BN2O5/c1-12-15(19-25-17(2,3)18(4,5)26-19)16-21(20-12)10-13(11-23-16)24-14-8-6-7-9-22-14/h13-14H,6-11H2,1-5H3. The van der Waals surface area contributed by atoms with Gasteiger partial charge < -0.3 is 23.5 Å². The van der Waals surface area contributed by atoms with Crippen molar-refractivity contribution in [3.8, 4) is 5.88 Å². The molecule has 4 heterocycles. The Morgan fingerprint density at radius 2 is 1.88 bits per heavy atom. The van der Waals surface area contributed by atoms with Crippen LogP contribution in [-0.2, 0) is 25.3 Å². The van der Waals surface area contributed by atoms with Gasteiger partial charge in [0.1, 0.15) is 12.7 Å². The highest BCUT2D eigenvalue weighted by molar-refractivity contribution is 6.63. The Morgan fingerprint density at radius 3 is 2.54 bits per heavy atom. The van der Waals surface area contributed by atoms with Crippen molar-refractivity contribution in [2.45, 2.75) is 84.0 Å². The normalized spacial score (nSPS) is 30.1. The molecule has 0 spiro atoms. The Kier molecular flexibility index (Phi) is 4.58. The Hall–Kier alpha value is -1.09. The minimum absolute atomic E-state index is 0.0592. The zero-order valence-corrected chi connectivity index (χ0v) is 16.4. The molecule has 0 amide bonds. The first-order valence-corrected chi connectivity index (χ1v) is 9.60. The van der Waals surface area contributed by atoms with Crippen molar-refractivity contribution >= 4 is 12.6 Å². The van der Waals surface area contributed by atoms with E-state index in [2.05, 4.69) is 5.10 Å². The molecule has 1 aromatic heterocycles. The van der Waals surface area contributed by atoms with Crippen molar-refractivity contribution in [3.63, 3.8) is 0 Å².